The maximum atomic E-state index is 2.51. The van der Waals surface area contributed by atoms with E-state index < -0.39 is 10.8 Å². The second-order valence-corrected chi connectivity index (χ2v) is 21.7. The summed E-state index contributed by atoms with van der Waals surface area (Å²) >= 11 is 1.88. The zero-order valence-corrected chi connectivity index (χ0v) is 42.8. The van der Waals surface area contributed by atoms with Crippen LogP contribution in [0.15, 0.2) is 291 Å². The van der Waals surface area contributed by atoms with Crippen LogP contribution in [0.5, 0.6) is 0 Å². The Hall–Kier alpha value is -9.54. The van der Waals surface area contributed by atoms with E-state index in [1.165, 1.54) is 109 Å². The van der Waals surface area contributed by atoms with Crippen molar-refractivity contribution < 1.29 is 0 Å². The van der Waals surface area contributed by atoms with Crippen molar-refractivity contribution in [2.45, 2.75) is 10.8 Å². The average molecular weight is 997 g/mol. The fourth-order valence-electron chi connectivity index (χ4n) is 13.9. The quantitative estimate of drug-likeness (QED) is 0.150. The van der Waals surface area contributed by atoms with Crippen molar-refractivity contribution >= 4 is 65.6 Å². The molecular formula is C74H48N2S. The second kappa shape index (κ2) is 17.0. The fraction of sp³-hybridized carbons (Fsp3) is 0.0270. The van der Waals surface area contributed by atoms with Gasteiger partial charge in [0.25, 0.3) is 0 Å². The predicted molar refractivity (Wildman–Crippen MR) is 322 cm³/mol. The summed E-state index contributed by atoms with van der Waals surface area (Å²) in [7, 11) is 0. The minimum absolute atomic E-state index is 0.534. The van der Waals surface area contributed by atoms with Gasteiger partial charge < -0.3 is 9.80 Å². The van der Waals surface area contributed by atoms with Crippen LogP contribution in [0.25, 0.3) is 53.6 Å². The van der Waals surface area contributed by atoms with E-state index in [1.807, 2.05) is 11.3 Å². The van der Waals surface area contributed by atoms with Crippen LogP contribution >= 0.6 is 11.3 Å². The van der Waals surface area contributed by atoms with Crippen LogP contribution in [-0.4, -0.2) is 0 Å². The standard InChI is InChI=1S/C74H48N2S/c1-5-21-51(22-6-1)73(52-23-7-2-8-24-52)63-33-15-13-29-57(63)58-46-44-56(48-66(58)73)75(69-37-20-32-62-60-30-14-18-38-70(60)77-72(62)69)55-42-39-49(40-43-55)50-41-45-59-61-31-19-36-68-71(61)74(65(59)47-50,53-25-9-3-10-26-53)64-34-16-17-35-67(64)76(68)54-27-11-4-12-28-54/h1-48H/t74-/m1/s1. The minimum atomic E-state index is -0.540. The number of rotatable bonds is 8. The van der Waals surface area contributed by atoms with Crippen LogP contribution in [0.3, 0.4) is 0 Å². The summed E-state index contributed by atoms with van der Waals surface area (Å²) < 4.78 is 2.55. The van der Waals surface area contributed by atoms with Gasteiger partial charge in [-0.1, -0.05) is 224 Å². The molecule has 2 nitrogen and oxygen atoms in total. The van der Waals surface area contributed by atoms with Crippen molar-refractivity contribution in [2.75, 3.05) is 9.80 Å². The Morgan fingerprint density at radius 2 is 0.844 bits per heavy atom. The summed E-state index contributed by atoms with van der Waals surface area (Å²) in [4.78, 5) is 4.98. The smallest absolute Gasteiger partial charge is 0.0754 e. The lowest BCUT2D eigenvalue weighted by Crippen LogP contribution is -2.35. The molecule has 3 aliphatic rings. The van der Waals surface area contributed by atoms with E-state index in [2.05, 4.69) is 301 Å². The van der Waals surface area contributed by atoms with Gasteiger partial charge in [0.15, 0.2) is 0 Å². The van der Waals surface area contributed by atoms with Crippen molar-refractivity contribution in [3.8, 4) is 33.4 Å². The minimum Gasteiger partial charge on any atom is -0.310 e. The van der Waals surface area contributed by atoms with Gasteiger partial charge in [0.1, 0.15) is 0 Å². The topological polar surface area (TPSA) is 6.48 Å². The molecule has 0 saturated carbocycles. The highest BCUT2D eigenvalue weighted by Gasteiger charge is 2.53. The molecule has 0 unspecified atom stereocenters. The van der Waals surface area contributed by atoms with Crippen LogP contribution in [0.4, 0.5) is 34.1 Å². The highest BCUT2D eigenvalue weighted by molar-refractivity contribution is 7.26. The van der Waals surface area contributed by atoms with Gasteiger partial charge in [-0.3, -0.25) is 0 Å². The number of para-hydroxylation sites is 2. The second-order valence-electron chi connectivity index (χ2n) is 20.7. The van der Waals surface area contributed by atoms with E-state index in [9.17, 15) is 0 Å². The van der Waals surface area contributed by atoms with Gasteiger partial charge in [0.05, 0.1) is 32.6 Å². The van der Waals surface area contributed by atoms with E-state index in [1.54, 1.807) is 0 Å². The molecule has 2 heterocycles. The summed E-state index contributed by atoms with van der Waals surface area (Å²) in [5.74, 6) is 0. The van der Waals surface area contributed by atoms with Crippen molar-refractivity contribution in [1.82, 2.24) is 0 Å². The van der Waals surface area contributed by atoms with E-state index in [-0.39, 0.29) is 0 Å². The lowest BCUT2D eigenvalue weighted by atomic mass is 9.64. The summed E-state index contributed by atoms with van der Waals surface area (Å²) in [5, 5.41) is 2.56. The molecule has 12 aromatic carbocycles. The van der Waals surface area contributed by atoms with Crippen LogP contribution in [-0.2, 0) is 10.8 Å². The summed E-state index contributed by atoms with van der Waals surface area (Å²) in [6.07, 6.45) is 0. The fourth-order valence-corrected chi connectivity index (χ4v) is 15.1. The molecule has 1 aliphatic heterocycles. The lowest BCUT2D eigenvalue weighted by molar-refractivity contribution is 0.754. The zero-order valence-electron chi connectivity index (χ0n) is 42.0. The normalized spacial score (nSPS) is 15.1. The molecule has 77 heavy (non-hydrogen) atoms. The van der Waals surface area contributed by atoms with Gasteiger partial charge >= 0.3 is 0 Å². The highest BCUT2D eigenvalue weighted by atomic mass is 32.1. The third kappa shape index (κ3) is 6.18. The predicted octanol–water partition coefficient (Wildman–Crippen LogP) is 19.7. The van der Waals surface area contributed by atoms with Gasteiger partial charge in [0, 0.05) is 38.1 Å². The van der Waals surface area contributed by atoms with Crippen LogP contribution in [0.1, 0.15) is 44.5 Å². The van der Waals surface area contributed by atoms with E-state index in [0.29, 0.717) is 0 Å². The number of benzene rings is 12. The summed E-state index contributed by atoms with van der Waals surface area (Å²) in [5.41, 5.74) is 23.6. The van der Waals surface area contributed by atoms with E-state index >= 15 is 0 Å². The summed E-state index contributed by atoms with van der Waals surface area (Å²) in [6, 6.07) is 109. The highest BCUT2D eigenvalue weighted by Crippen LogP contribution is 2.65. The molecule has 0 bridgehead atoms. The van der Waals surface area contributed by atoms with Crippen molar-refractivity contribution in [3.05, 3.63) is 336 Å². The van der Waals surface area contributed by atoms with E-state index in [0.717, 1.165) is 22.7 Å². The average Bonchev–Trinajstić information content (AvgIpc) is 4.34. The maximum absolute atomic E-state index is 2.51. The first-order valence-electron chi connectivity index (χ1n) is 26.7. The number of anilines is 6. The Morgan fingerprint density at radius 1 is 0.325 bits per heavy atom. The molecule has 13 aromatic rings. The largest absolute Gasteiger partial charge is 0.310 e. The number of fused-ring (bicyclic) bond motifs is 11. The van der Waals surface area contributed by atoms with Crippen LogP contribution in [0.2, 0.25) is 0 Å². The molecule has 0 N–H and O–H groups in total. The molecule has 0 amide bonds. The molecular weight excluding hydrogens is 949 g/mol. The van der Waals surface area contributed by atoms with Crippen LogP contribution < -0.4 is 9.80 Å². The summed E-state index contributed by atoms with van der Waals surface area (Å²) in [6.45, 7) is 0. The third-order valence-electron chi connectivity index (χ3n) is 16.9. The van der Waals surface area contributed by atoms with Gasteiger partial charge in [-0.2, -0.15) is 0 Å². The number of hydrogen-bond donors (Lipinski definition) is 0. The van der Waals surface area contributed by atoms with Crippen molar-refractivity contribution in [1.29, 1.82) is 0 Å². The molecule has 1 atom stereocenters. The molecule has 360 valence electrons. The first kappa shape index (κ1) is 43.8. The number of hydrogen-bond acceptors (Lipinski definition) is 3. The lowest BCUT2D eigenvalue weighted by Gasteiger charge is -2.44. The van der Waals surface area contributed by atoms with E-state index in [4.69, 9.17) is 0 Å². The van der Waals surface area contributed by atoms with Gasteiger partial charge in [-0.15, -0.1) is 11.3 Å². The Morgan fingerprint density at radius 3 is 1.60 bits per heavy atom. The van der Waals surface area contributed by atoms with Gasteiger partial charge in [-0.05, 0) is 139 Å². The molecule has 0 radical (unpaired) electrons. The first-order chi connectivity index (χ1) is 38.2. The van der Waals surface area contributed by atoms with Gasteiger partial charge in [-0.25, -0.2) is 0 Å². The molecule has 1 aromatic heterocycles. The Kier molecular flexibility index (Phi) is 9.67. The maximum Gasteiger partial charge on any atom is 0.0754 e. The Labute approximate surface area is 452 Å². The monoisotopic (exact) mass is 996 g/mol. The molecule has 0 saturated heterocycles. The molecule has 16 rings (SSSR count). The van der Waals surface area contributed by atoms with Crippen molar-refractivity contribution in [2.24, 2.45) is 0 Å². The Bertz CT molecular complexity index is 4410. The first-order valence-corrected chi connectivity index (χ1v) is 27.5. The molecule has 0 fully saturated rings. The van der Waals surface area contributed by atoms with Gasteiger partial charge in [0.2, 0.25) is 0 Å². The molecule has 2 aliphatic carbocycles. The van der Waals surface area contributed by atoms with Crippen molar-refractivity contribution in [3.63, 3.8) is 0 Å². The molecule has 3 heteroatoms. The zero-order chi connectivity index (χ0) is 50.7. The third-order valence-corrected chi connectivity index (χ3v) is 18.1. The number of nitrogens with zero attached hydrogens (tertiary/aromatic N) is 2. The Balaban J connectivity index is 0.887. The molecule has 0 spiro atoms. The SMILES string of the molecule is c1ccc(N2c3ccccc3[C@]3(c4ccccc4)c4cc(-c5ccc(N(c6ccc7c(c6)C(c6ccccc6)(c6ccccc6)c6ccccc6-7)c6cccc7c6sc6ccccc67)cc5)ccc4-c4cccc2c43)cc1. The van der Waals surface area contributed by atoms with Crippen LogP contribution in [0, 0.1) is 0 Å². The number of thiophene rings is 1.